The molecule has 3 aliphatic carbocycles. The molecule has 2 aliphatic heterocycles. The van der Waals surface area contributed by atoms with Crippen LogP contribution in [0.3, 0.4) is 0 Å². The lowest BCUT2D eigenvalue weighted by molar-refractivity contribution is -0.361. The van der Waals surface area contributed by atoms with Gasteiger partial charge in [0.1, 0.15) is 11.9 Å². The molecule has 8 nitrogen and oxygen atoms in total. The first-order valence-corrected chi connectivity index (χ1v) is 12.6. The van der Waals surface area contributed by atoms with Crippen LogP contribution >= 0.6 is 0 Å². The zero-order valence-corrected chi connectivity index (χ0v) is 20.9. The average Bonchev–Trinajstić information content (AvgIpc) is 3.29. The number of rotatable bonds is 3. The van der Waals surface area contributed by atoms with Crippen molar-refractivity contribution in [1.82, 2.24) is 0 Å². The molecule has 35 heavy (non-hydrogen) atoms. The molecule has 0 spiro atoms. The summed E-state index contributed by atoms with van der Waals surface area (Å²) in [5, 5.41) is 12.6. The lowest BCUT2D eigenvalue weighted by atomic mass is 9.34. The summed E-state index contributed by atoms with van der Waals surface area (Å²) in [6, 6.07) is 1.77. The van der Waals surface area contributed by atoms with Gasteiger partial charge in [-0.15, -0.1) is 0 Å². The first-order chi connectivity index (χ1) is 16.4. The van der Waals surface area contributed by atoms with E-state index in [2.05, 4.69) is 13.8 Å². The van der Waals surface area contributed by atoms with Gasteiger partial charge in [0.25, 0.3) is 0 Å². The third-order valence-electron chi connectivity index (χ3n) is 10.9. The molecule has 0 radical (unpaired) electrons. The summed E-state index contributed by atoms with van der Waals surface area (Å²) in [6.45, 7) is 8.11. The summed E-state index contributed by atoms with van der Waals surface area (Å²) in [4.78, 5) is 39.5. The van der Waals surface area contributed by atoms with E-state index in [1.807, 2.05) is 13.8 Å². The molecule has 10 unspecified atom stereocenters. The number of carbonyl (C=O) groups is 3. The Morgan fingerprint density at radius 2 is 1.97 bits per heavy atom. The number of cyclic esters (lactones) is 1. The fraction of sp³-hybridized carbons (Fsp3) is 0.741. The zero-order chi connectivity index (χ0) is 25.1. The van der Waals surface area contributed by atoms with Crippen LogP contribution < -0.4 is 0 Å². The molecular formula is C27H34O8. The van der Waals surface area contributed by atoms with Crippen molar-refractivity contribution in [1.29, 1.82) is 0 Å². The van der Waals surface area contributed by atoms with Crippen molar-refractivity contribution in [2.45, 2.75) is 77.3 Å². The number of ether oxygens (including phenoxy) is 3. The zero-order valence-electron chi connectivity index (χ0n) is 20.9. The van der Waals surface area contributed by atoms with Crippen LogP contribution in [-0.2, 0) is 28.6 Å². The first-order valence-electron chi connectivity index (χ1n) is 12.6. The van der Waals surface area contributed by atoms with Crippen LogP contribution in [0.4, 0.5) is 0 Å². The highest BCUT2D eigenvalue weighted by atomic mass is 16.6. The largest absolute Gasteiger partial charge is 0.472 e. The Kier molecular flexibility index (Phi) is 4.63. The number of esters is 2. The Balaban J connectivity index is 1.49. The van der Waals surface area contributed by atoms with Crippen molar-refractivity contribution in [3.63, 3.8) is 0 Å². The monoisotopic (exact) mass is 486 g/mol. The highest BCUT2D eigenvalue weighted by molar-refractivity contribution is 5.92. The van der Waals surface area contributed by atoms with Gasteiger partial charge in [0.05, 0.1) is 49.8 Å². The van der Waals surface area contributed by atoms with E-state index in [1.54, 1.807) is 12.3 Å². The van der Waals surface area contributed by atoms with E-state index >= 15 is 0 Å². The molecule has 5 fully saturated rings. The second-order valence-corrected chi connectivity index (χ2v) is 12.5. The summed E-state index contributed by atoms with van der Waals surface area (Å²) >= 11 is 0. The molecule has 1 aromatic heterocycles. The number of ketones is 1. The first kappa shape index (κ1) is 23.2. The Hall–Kier alpha value is -2.19. The van der Waals surface area contributed by atoms with Crippen molar-refractivity contribution < 1.29 is 38.1 Å². The molecule has 190 valence electrons. The lowest BCUT2D eigenvalue weighted by Crippen LogP contribution is -2.82. The Morgan fingerprint density at radius 3 is 2.63 bits per heavy atom. The second-order valence-electron chi connectivity index (χ2n) is 12.5. The van der Waals surface area contributed by atoms with Gasteiger partial charge in [-0.05, 0) is 36.2 Å². The van der Waals surface area contributed by atoms with Crippen molar-refractivity contribution >= 4 is 17.7 Å². The van der Waals surface area contributed by atoms with Crippen LogP contribution in [0.5, 0.6) is 0 Å². The van der Waals surface area contributed by atoms with Gasteiger partial charge in [-0.1, -0.05) is 27.7 Å². The molecule has 2 bridgehead atoms. The highest BCUT2D eigenvalue weighted by Crippen LogP contribution is 2.74. The van der Waals surface area contributed by atoms with Crippen LogP contribution in [0.25, 0.3) is 0 Å². The number of hydrogen-bond acceptors (Lipinski definition) is 8. The molecule has 0 aromatic carbocycles. The molecule has 1 aromatic rings. The van der Waals surface area contributed by atoms with Crippen LogP contribution in [0.15, 0.2) is 23.0 Å². The predicted molar refractivity (Wildman–Crippen MR) is 121 cm³/mol. The Labute approximate surface area is 204 Å². The van der Waals surface area contributed by atoms with Crippen molar-refractivity contribution in [3.05, 3.63) is 24.2 Å². The number of fused-ring (bicyclic) bond motifs is 6. The van der Waals surface area contributed by atoms with Gasteiger partial charge in [-0.25, -0.2) is 0 Å². The van der Waals surface area contributed by atoms with E-state index in [4.69, 9.17) is 18.6 Å². The Bertz CT molecular complexity index is 1090. The van der Waals surface area contributed by atoms with Crippen LogP contribution in [0, 0.1) is 39.9 Å². The van der Waals surface area contributed by atoms with Crippen LogP contribution in [0.2, 0.25) is 0 Å². The van der Waals surface area contributed by atoms with Gasteiger partial charge in [0, 0.05) is 28.7 Å². The van der Waals surface area contributed by atoms with E-state index in [9.17, 15) is 19.5 Å². The van der Waals surface area contributed by atoms with Gasteiger partial charge in [0.15, 0.2) is 0 Å². The van der Waals surface area contributed by atoms with E-state index in [-0.39, 0.29) is 48.5 Å². The molecule has 0 amide bonds. The van der Waals surface area contributed by atoms with E-state index in [0.717, 1.165) is 0 Å². The summed E-state index contributed by atoms with van der Waals surface area (Å²) < 4.78 is 22.6. The number of carbonyl (C=O) groups excluding carboxylic acids is 3. The minimum atomic E-state index is -1.43. The molecule has 5 aliphatic rings. The molecule has 8 heteroatoms. The number of methoxy groups -OCH3 is 1. The van der Waals surface area contributed by atoms with Crippen molar-refractivity contribution in [2.24, 2.45) is 39.9 Å². The second kappa shape index (κ2) is 6.97. The summed E-state index contributed by atoms with van der Waals surface area (Å²) in [5.74, 6) is -2.02. The van der Waals surface area contributed by atoms with Gasteiger partial charge >= 0.3 is 11.9 Å². The molecule has 1 N–H and O–H groups in total. The van der Waals surface area contributed by atoms with Crippen molar-refractivity contribution in [2.75, 3.05) is 7.11 Å². The number of aliphatic hydroxyl groups is 1. The predicted octanol–water partition coefficient (Wildman–Crippen LogP) is 3.22. The van der Waals surface area contributed by atoms with Gasteiger partial charge in [-0.3, -0.25) is 14.4 Å². The van der Waals surface area contributed by atoms with Crippen molar-refractivity contribution in [3.8, 4) is 0 Å². The standard InChI is InChI=1S/C27H34O8/c1-24(2)15(10-16(28)32-5)26(4)14-6-8-25(3)22(13-7-9-33-12-13)34-17(29)11-27(25,31)19(14)20-18(21(26)30)23(24)35-20/h7,9,12,14-15,18-20,22-23,31H,6,8,10-11H2,1-5H3. The summed E-state index contributed by atoms with van der Waals surface area (Å²) in [7, 11) is 1.36. The van der Waals surface area contributed by atoms with E-state index in [1.165, 1.54) is 13.4 Å². The third-order valence-corrected chi connectivity index (χ3v) is 10.9. The van der Waals surface area contributed by atoms with Crippen LogP contribution in [-0.4, -0.2) is 47.7 Å². The number of hydrogen-bond donors (Lipinski definition) is 1. The maximum absolute atomic E-state index is 14.0. The van der Waals surface area contributed by atoms with Gasteiger partial charge < -0.3 is 23.7 Å². The normalized spacial score (nSPS) is 49.3. The third kappa shape index (κ3) is 2.57. The topological polar surface area (TPSA) is 112 Å². The quantitative estimate of drug-likeness (QED) is 0.648. The fourth-order valence-corrected chi connectivity index (χ4v) is 9.12. The molecule has 2 saturated heterocycles. The Morgan fingerprint density at radius 1 is 1.23 bits per heavy atom. The molecular weight excluding hydrogens is 452 g/mol. The molecule has 6 rings (SSSR count). The number of furan rings is 1. The SMILES string of the molecule is COC(=O)CC1C(C)(C)C2OC3C2C(=O)C1(C)C1CCC2(C)C(c4ccoc4)OC(=O)CC2(O)C31. The minimum absolute atomic E-state index is 0.113. The summed E-state index contributed by atoms with van der Waals surface area (Å²) in [5.41, 5.74) is -2.75. The minimum Gasteiger partial charge on any atom is -0.472 e. The maximum Gasteiger partial charge on any atom is 0.309 e. The van der Waals surface area contributed by atoms with Crippen LogP contribution in [0.1, 0.15) is 65.0 Å². The van der Waals surface area contributed by atoms with E-state index < -0.39 is 45.9 Å². The maximum atomic E-state index is 14.0. The molecule has 3 heterocycles. The van der Waals surface area contributed by atoms with E-state index in [0.29, 0.717) is 18.4 Å². The number of Topliss-reactive ketones (excluding diaryl/α,β-unsaturated/α-hetero) is 1. The lowest BCUT2D eigenvalue weighted by Gasteiger charge is -2.75. The fourth-order valence-electron chi connectivity index (χ4n) is 9.12. The molecule has 3 saturated carbocycles. The smallest absolute Gasteiger partial charge is 0.309 e. The highest BCUT2D eigenvalue weighted by Gasteiger charge is 2.80. The van der Waals surface area contributed by atoms with Gasteiger partial charge in [-0.2, -0.15) is 0 Å². The average molecular weight is 487 g/mol. The molecule has 10 atom stereocenters. The summed E-state index contributed by atoms with van der Waals surface area (Å²) in [6.07, 6.45) is 2.84. The van der Waals surface area contributed by atoms with Gasteiger partial charge in [0.2, 0.25) is 0 Å².